The Morgan fingerprint density at radius 2 is 2.15 bits per heavy atom. The van der Waals surface area contributed by atoms with Gasteiger partial charge in [0.05, 0.1) is 28.7 Å². The average Bonchev–Trinajstić information content (AvgIpc) is 2.89. The van der Waals surface area contributed by atoms with Crippen molar-refractivity contribution in [1.29, 1.82) is 0 Å². The second-order valence-corrected chi connectivity index (χ2v) is 4.64. The van der Waals surface area contributed by atoms with Crippen LogP contribution in [0.15, 0.2) is 30.5 Å². The third-order valence-electron chi connectivity index (χ3n) is 3.03. The molecule has 3 rings (SSSR count). The molecule has 6 nitrogen and oxygen atoms in total. The molecule has 0 atom stereocenters. The third-order valence-corrected chi connectivity index (χ3v) is 3.23. The number of nitrogens with one attached hydrogen (secondary N) is 1. The lowest BCUT2D eigenvalue weighted by Gasteiger charge is -2.10. The number of hydrogen-bond donors (Lipinski definition) is 3. The molecule has 0 radical (unpaired) electrons. The number of amides is 1. The fourth-order valence-electron chi connectivity index (χ4n) is 2.11. The Labute approximate surface area is 118 Å². The van der Waals surface area contributed by atoms with Gasteiger partial charge in [0.15, 0.2) is 0 Å². The lowest BCUT2D eigenvalue weighted by atomic mass is 10.0. The number of fused-ring (bicyclic) bond motifs is 1. The molecule has 20 heavy (non-hydrogen) atoms. The van der Waals surface area contributed by atoms with E-state index in [0.29, 0.717) is 5.69 Å². The zero-order chi connectivity index (χ0) is 14.3. The van der Waals surface area contributed by atoms with Gasteiger partial charge in [-0.15, -0.1) is 0 Å². The van der Waals surface area contributed by atoms with Crippen LogP contribution in [0.2, 0.25) is 5.15 Å². The van der Waals surface area contributed by atoms with Crippen LogP contribution in [-0.4, -0.2) is 21.1 Å². The molecule has 3 aromatic rings. The Morgan fingerprint density at radius 1 is 1.35 bits per heavy atom. The summed E-state index contributed by atoms with van der Waals surface area (Å²) in [6.07, 6.45) is 1.66. The molecule has 2 heterocycles. The molecule has 0 aliphatic carbocycles. The molecule has 0 spiro atoms. The predicted molar refractivity (Wildman–Crippen MR) is 77.3 cm³/mol. The van der Waals surface area contributed by atoms with Crippen molar-refractivity contribution in [3.05, 3.63) is 41.2 Å². The summed E-state index contributed by atoms with van der Waals surface area (Å²) in [6.45, 7) is 0. The van der Waals surface area contributed by atoms with Crippen molar-refractivity contribution in [2.75, 3.05) is 5.73 Å². The molecule has 0 bridgehead atoms. The molecule has 1 amide bonds. The maximum atomic E-state index is 11.4. The summed E-state index contributed by atoms with van der Waals surface area (Å²) in [4.78, 5) is 15.6. The van der Waals surface area contributed by atoms with E-state index in [0.717, 1.165) is 16.5 Å². The van der Waals surface area contributed by atoms with Crippen molar-refractivity contribution in [2.24, 2.45) is 5.73 Å². The van der Waals surface area contributed by atoms with Crippen molar-refractivity contribution < 1.29 is 4.79 Å². The number of nitrogen functional groups attached to an aromatic ring is 1. The maximum Gasteiger partial charge on any atom is 0.250 e. The van der Waals surface area contributed by atoms with Crippen molar-refractivity contribution in [2.45, 2.75) is 0 Å². The SMILES string of the molecule is NC(=O)c1cc(Cl)nc(-c2cccc3[nH]ncc23)c1N. The van der Waals surface area contributed by atoms with E-state index in [4.69, 9.17) is 23.1 Å². The number of aromatic amines is 1. The van der Waals surface area contributed by atoms with E-state index in [2.05, 4.69) is 15.2 Å². The highest BCUT2D eigenvalue weighted by atomic mass is 35.5. The number of benzene rings is 1. The number of anilines is 1. The minimum absolute atomic E-state index is 0.153. The number of pyridine rings is 1. The fourth-order valence-corrected chi connectivity index (χ4v) is 2.30. The largest absolute Gasteiger partial charge is 0.396 e. The third kappa shape index (κ3) is 1.86. The van der Waals surface area contributed by atoms with Crippen LogP contribution in [0, 0.1) is 0 Å². The molecule has 0 aliphatic heterocycles. The molecular formula is C13H10ClN5O. The van der Waals surface area contributed by atoms with Crippen molar-refractivity contribution in [3.8, 4) is 11.3 Å². The molecule has 0 saturated carbocycles. The van der Waals surface area contributed by atoms with E-state index in [1.807, 2.05) is 18.2 Å². The number of hydrogen-bond acceptors (Lipinski definition) is 4. The number of carbonyl (C=O) groups is 1. The number of rotatable bonds is 2. The van der Waals surface area contributed by atoms with Crippen LogP contribution in [0.1, 0.15) is 10.4 Å². The summed E-state index contributed by atoms with van der Waals surface area (Å²) >= 11 is 5.94. The van der Waals surface area contributed by atoms with Crippen LogP contribution in [0.25, 0.3) is 22.2 Å². The normalized spacial score (nSPS) is 10.8. The Balaban J connectivity index is 2.34. The summed E-state index contributed by atoms with van der Waals surface area (Å²) in [5, 5.41) is 7.83. The molecular weight excluding hydrogens is 278 g/mol. The smallest absolute Gasteiger partial charge is 0.250 e. The van der Waals surface area contributed by atoms with Gasteiger partial charge in [0.25, 0.3) is 5.91 Å². The summed E-state index contributed by atoms with van der Waals surface area (Å²) in [7, 11) is 0. The molecule has 5 N–H and O–H groups in total. The van der Waals surface area contributed by atoms with Gasteiger partial charge in [0, 0.05) is 10.9 Å². The Bertz CT molecular complexity index is 827. The number of aromatic nitrogens is 3. The van der Waals surface area contributed by atoms with E-state index >= 15 is 0 Å². The quantitative estimate of drug-likeness (QED) is 0.626. The van der Waals surface area contributed by atoms with Gasteiger partial charge in [0.2, 0.25) is 0 Å². The number of nitrogens with two attached hydrogens (primary N) is 2. The maximum absolute atomic E-state index is 11.4. The zero-order valence-corrected chi connectivity index (χ0v) is 11.0. The lowest BCUT2D eigenvalue weighted by molar-refractivity contribution is 0.100. The summed E-state index contributed by atoms with van der Waals surface area (Å²) < 4.78 is 0. The molecule has 0 aliphatic rings. The van der Waals surface area contributed by atoms with Gasteiger partial charge in [-0.2, -0.15) is 5.10 Å². The first-order valence-corrected chi connectivity index (χ1v) is 6.14. The Morgan fingerprint density at radius 3 is 2.90 bits per heavy atom. The van der Waals surface area contributed by atoms with Crippen LogP contribution < -0.4 is 11.5 Å². The van der Waals surface area contributed by atoms with Crippen molar-refractivity contribution >= 4 is 34.1 Å². The minimum atomic E-state index is -0.646. The number of primary amides is 1. The second-order valence-electron chi connectivity index (χ2n) is 4.26. The first-order valence-electron chi connectivity index (χ1n) is 5.76. The summed E-state index contributed by atoms with van der Waals surface area (Å²) in [5.41, 5.74) is 13.6. The van der Waals surface area contributed by atoms with Crippen LogP contribution in [0.4, 0.5) is 5.69 Å². The molecule has 7 heteroatoms. The molecule has 100 valence electrons. The monoisotopic (exact) mass is 287 g/mol. The zero-order valence-electron chi connectivity index (χ0n) is 10.2. The first-order chi connectivity index (χ1) is 9.58. The number of carbonyl (C=O) groups excluding carboxylic acids is 1. The second kappa shape index (κ2) is 4.50. The van der Waals surface area contributed by atoms with Gasteiger partial charge >= 0.3 is 0 Å². The van der Waals surface area contributed by atoms with E-state index in [1.54, 1.807) is 6.20 Å². The minimum Gasteiger partial charge on any atom is -0.396 e. The molecule has 0 saturated heterocycles. The lowest BCUT2D eigenvalue weighted by Crippen LogP contribution is -2.14. The van der Waals surface area contributed by atoms with Gasteiger partial charge in [-0.3, -0.25) is 9.89 Å². The number of halogens is 1. The highest BCUT2D eigenvalue weighted by Gasteiger charge is 2.16. The van der Waals surface area contributed by atoms with E-state index in [1.165, 1.54) is 6.07 Å². The van der Waals surface area contributed by atoms with Gasteiger partial charge in [0.1, 0.15) is 5.15 Å². The number of nitrogens with zero attached hydrogens (tertiary/aromatic N) is 2. The predicted octanol–water partition coefficient (Wildman–Crippen LogP) is 1.96. The van der Waals surface area contributed by atoms with Gasteiger partial charge in [-0.05, 0) is 12.1 Å². The Kier molecular flexibility index (Phi) is 2.80. The molecule has 2 aromatic heterocycles. The topological polar surface area (TPSA) is 111 Å². The average molecular weight is 288 g/mol. The fraction of sp³-hybridized carbons (Fsp3) is 0. The molecule has 0 unspecified atom stereocenters. The summed E-state index contributed by atoms with van der Waals surface area (Å²) in [5.74, 6) is -0.646. The van der Waals surface area contributed by atoms with E-state index < -0.39 is 5.91 Å². The van der Waals surface area contributed by atoms with Gasteiger partial charge < -0.3 is 11.5 Å². The first kappa shape index (κ1) is 12.4. The van der Waals surface area contributed by atoms with Crippen LogP contribution in [-0.2, 0) is 0 Å². The Hall–Kier alpha value is -2.60. The highest BCUT2D eigenvalue weighted by molar-refractivity contribution is 6.30. The van der Waals surface area contributed by atoms with E-state index in [9.17, 15) is 4.79 Å². The summed E-state index contributed by atoms with van der Waals surface area (Å²) in [6, 6.07) is 6.90. The van der Waals surface area contributed by atoms with E-state index in [-0.39, 0.29) is 16.4 Å². The van der Waals surface area contributed by atoms with Gasteiger partial charge in [-0.1, -0.05) is 23.7 Å². The van der Waals surface area contributed by atoms with Crippen LogP contribution >= 0.6 is 11.6 Å². The standard InChI is InChI=1S/C13H10ClN5O/c14-10-4-7(13(16)20)11(15)12(18-10)6-2-1-3-9-8(6)5-17-19-9/h1-5H,15H2,(H2,16,20)(H,17,19). The van der Waals surface area contributed by atoms with Crippen LogP contribution in [0.3, 0.4) is 0 Å². The highest BCUT2D eigenvalue weighted by Crippen LogP contribution is 2.33. The number of H-pyrrole nitrogens is 1. The van der Waals surface area contributed by atoms with Gasteiger partial charge in [-0.25, -0.2) is 4.98 Å². The molecule has 0 fully saturated rings. The molecule has 1 aromatic carbocycles. The van der Waals surface area contributed by atoms with Crippen molar-refractivity contribution in [3.63, 3.8) is 0 Å². The van der Waals surface area contributed by atoms with Crippen LogP contribution in [0.5, 0.6) is 0 Å². The van der Waals surface area contributed by atoms with Crippen molar-refractivity contribution in [1.82, 2.24) is 15.2 Å².